The molecule has 1 aliphatic rings. The summed E-state index contributed by atoms with van der Waals surface area (Å²) in [5.74, 6) is -2.85. The van der Waals surface area contributed by atoms with Gasteiger partial charge >= 0.3 is 12.1 Å². The number of imide groups is 1. The first kappa shape index (κ1) is 22.3. The van der Waals surface area contributed by atoms with E-state index in [0.29, 0.717) is 6.42 Å². The van der Waals surface area contributed by atoms with Crippen LogP contribution in [-0.2, 0) is 30.3 Å². The zero-order valence-electron chi connectivity index (χ0n) is 17.1. The standard InChI is InChI=1S/C22H27NO6/c1-5-28-21(26)15(4)19(24)12-18(14(2)3)20(25)23-17(13-29-22(23)27)11-16-9-7-6-8-10-16/h6-10,14,17-18H,4-5,11-13H2,1-3H3/t17-,18-/m0/s1. The van der Waals surface area contributed by atoms with Crippen LogP contribution in [0.2, 0.25) is 0 Å². The molecule has 0 radical (unpaired) electrons. The van der Waals surface area contributed by atoms with Crippen molar-refractivity contribution in [3.05, 3.63) is 48.0 Å². The largest absolute Gasteiger partial charge is 0.462 e. The molecule has 7 nitrogen and oxygen atoms in total. The Morgan fingerprint density at radius 1 is 1.24 bits per heavy atom. The number of ether oxygens (including phenoxy) is 2. The number of benzene rings is 1. The van der Waals surface area contributed by atoms with Crippen LogP contribution in [0.1, 0.15) is 32.8 Å². The van der Waals surface area contributed by atoms with E-state index in [2.05, 4.69) is 6.58 Å². The van der Waals surface area contributed by atoms with Gasteiger partial charge in [-0.2, -0.15) is 0 Å². The minimum atomic E-state index is -0.796. The summed E-state index contributed by atoms with van der Waals surface area (Å²) in [5.41, 5.74) is 0.677. The maximum Gasteiger partial charge on any atom is 0.416 e. The summed E-state index contributed by atoms with van der Waals surface area (Å²) in [6.45, 7) is 8.92. The molecule has 29 heavy (non-hydrogen) atoms. The molecule has 1 heterocycles. The molecule has 1 fully saturated rings. The Balaban J connectivity index is 2.15. The average molecular weight is 401 g/mol. The minimum absolute atomic E-state index is 0.105. The molecule has 0 aliphatic carbocycles. The van der Waals surface area contributed by atoms with Gasteiger partial charge in [-0.15, -0.1) is 0 Å². The predicted octanol–water partition coefficient (Wildman–Crippen LogP) is 2.93. The van der Waals surface area contributed by atoms with E-state index in [1.54, 1.807) is 20.8 Å². The molecule has 0 saturated carbocycles. The van der Waals surface area contributed by atoms with E-state index in [1.165, 1.54) is 0 Å². The van der Waals surface area contributed by atoms with E-state index in [9.17, 15) is 19.2 Å². The lowest BCUT2D eigenvalue weighted by Gasteiger charge is -2.27. The molecule has 7 heteroatoms. The highest BCUT2D eigenvalue weighted by Gasteiger charge is 2.42. The molecule has 1 saturated heterocycles. The molecule has 0 unspecified atom stereocenters. The Kier molecular flexibility index (Phi) is 7.70. The molecular weight excluding hydrogens is 374 g/mol. The second-order valence-corrected chi connectivity index (χ2v) is 7.31. The van der Waals surface area contributed by atoms with Crippen LogP contribution in [0.4, 0.5) is 4.79 Å². The Morgan fingerprint density at radius 2 is 1.90 bits per heavy atom. The van der Waals surface area contributed by atoms with E-state index < -0.39 is 35.7 Å². The van der Waals surface area contributed by atoms with Crippen molar-refractivity contribution in [2.75, 3.05) is 13.2 Å². The Labute approximate surface area is 170 Å². The third kappa shape index (κ3) is 5.53. The van der Waals surface area contributed by atoms with Gasteiger partial charge in [0.2, 0.25) is 5.91 Å². The van der Waals surface area contributed by atoms with Crippen molar-refractivity contribution in [2.45, 2.75) is 39.7 Å². The first-order chi connectivity index (χ1) is 13.8. The van der Waals surface area contributed by atoms with E-state index in [0.717, 1.165) is 10.5 Å². The Morgan fingerprint density at radius 3 is 2.48 bits per heavy atom. The second kappa shape index (κ2) is 10.0. The first-order valence-electron chi connectivity index (χ1n) is 9.69. The summed E-state index contributed by atoms with van der Waals surface area (Å²) >= 11 is 0. The predicted molar refractivity (Wildman–Crippen MR) is 106 cm³/mol. The van der Waals surface area contributed by atoms with Crippen molar-refractivity contribution in [2.24, 2.45) is 11.8 Å². The van der Waals surface area contributed by atoms with Crippen LogP contribution in [0.15, 0.2) is 42.5 Å². The quantitative estimate of drug-likeness (QED) is 0.274. The van der Waals surface area contributed by atoms with Gasteiger partial charge in [0, 0.05) is 12.3 Å². The summed E-state index contributed by atoms with van der Waals surface area (Å²) < 4.78 is 9.91. The smallest absolute Gasteiger partial charge is 0.416 e. The number of carbonyl (C=O) groups excluding carboxylic acids is 4. The van der Waals surface area contributed by atoms with Gasteiger partial charge < -0.3 is 9.47 Å². The van der Waals surface area contributed by atoms with E-state index in [-0.39, 0.29) is 31.1 Å². The number of ketones is 1. The Bertz CT molecular complexity index is 786. The summed E-state index contributed by atoms with van der Waals surface area (Å²) in [6.07, 6.45) is -0.471. The third-order valence-electron chi connectivity index (χ3n) is 4.90. The molecule has 2 atom stereocenters. The van der Waals surface area contributed by atoms with Crippen molar-refractivity contribution in [3.63, 3.8) is 0 Å². The first-order valence-corrected chi connectivity index (χ1v) is 9.69. The maximum absolute atomic E-state index is 13.2. The molecule has 2 rings (SSSR count). The summed E-state index contributed by atoms with van der Waals surface area (Å²) in [6, 6.07) is 9.04. The van der Waals surface area contributed by atoms with Crippen molar-refractivity contribution in [3.8, 4) is 0 Å². The summed E-state index contributed by atoms with van der Waals surface area (Å²) in [7, 11) is 0. The van der Waals surface area contributed by atoms with Gasteiger partial charge in [-0.1, -0.05) is 50.8 Å². The molecule has 0 spiro atoms. The minimum Gasteiger partial charge on any atom is -0.462 e. The summed E-state index contributed by atoms with van der Waals surface area (Å²) in [4.78, 5) is 50.8. The summed E-state index contributed by atoms with van der Waals surface area (Å²) in [5, 5.41) is 0. The highest BCUT2D eigenvalue weighted by Crippen LogP contribution is 2.26. The molecule has 1 aromatic rings. The fourth-order valence-electron chi connectivity index (χ4n) is 3.21. The lowest BCUT2D eigenvalue weighted by atomic mass is 9.87. The monoisotopic (exact) mass is 401 g/mol. The normalized spacial score (nSPS) is 17.0. The van der Waals surface area contributed by atoms with Gasteiger partial charge in [0.1, 0.15) is 6.61 Å². The topological polar surface area (TPSA) is 90.0 Å². The second-order valence-electron chi connectivity index (χ2n) is 7.31. The van der Waals surface area contributed by atoms with Gasteiger partial charge in [-0.3, -0.25) is 9.59 Å². The number of rotatable bonds is 9. The van der Waals surface area contributed by atoms with Crippen molar-refractivity contribution in [1.29, 1.82) is 0 Å². The fraction of sp³-hybridized carbons (Fsp3) is 0.455. The van der Waals surface area contributed by atoms with Gasteiger partial charge in [0.15, 0.2) is 5.78 Å². The number of nitrogens with zero attached hydrogens (tertiary/aromatic N) is 1. The van der Waals surface area contributed by atoms with Gasteiger partial charge in [0.25, 0.3) is 0 Å². The Hall–Kier alpha value is -2.96. The number of hydrogen-bond donors (Lipinski definition) is 0. The number of Topliss-reactive ketones (excluding diaryl/α,β-unsaturated/α-hetero) is 1. The van der Waals surface area contributed by atoms with Crippen LogP contribution < -0.4 is 0 Å². The molecule has 0 aromatic heterocycles. The molecule has 0 N–H and O–H groups in total. The lowest BCUT2D eigenvalue weighted by molar-refractivity contribution is -0.142. The number of amides is 2. The maximum atomic E-state index is 13.2. The molecular formula is C22H27NO6. The van der Waals surface area contributed by atoms with E-state index in [1.807, 2.05) is 30.3 Å². The molecule has 1 aromatic carbocycles. The number of cyclic esters (lactones) is 1. The number of carbonyl (C=O) groups is 4. The molecule has 2 amide bonds. The van der Waals surface area contributed by atoms with Crippen LogP contribution in [-0.4, -0.2) is 47.9 Å². The van der Waals surface area contributed by atoms with Crippen LogP contribution >= 0.6 is 0 Å². The zero-order chi connectivity index (χ0) is 21.6. The van der Waals surface area contributed by atoms with Crippen LogP contribution in [0.3, 0.4) is 0 Å². The highest BCUT2D eigenvalue weighted by atomic mass is 16.6. The molecule has 156 valence electrons. The highest BCUT2D eigenvalue weighted by molar-refractivity contribution is 6.17. The van der Waals surface area contributed by atoms with Crippen molar-refractivity contribution >= 4 is 23.8 Å². The van der Waals surface area contributed by atoms with Crippen LogP contribution in [0, 0.1) is 11.8 Å². The van der Waals surface area contributed by atoms with Gasteiger partial charge in [-0.05, 0) is 24.8 Å². The molecule has 0 bridgehead atoms. The lowest BCUT2D eigenvalue weighted by Crippen LogP contribution is -2.45. The van der Waals surface area contributed by atoms with Crippen molar-refractivity contribution < 1.29 is 28.7 Å². The third-order valence-corrected chi connectivity index (χ3v) is 4.90. The molecule has 1 aliphatic heterocycles. The van der Waals surface area contributed by atoms with E-state index >= 15 is 0 Å². The zero-order valence-corrected chi connectivity index (χ0v) is 17.1. The van der Waals surface area contributed by atoms with Crippen LogP contribution in [0.5, 0.6) is 0 Å². The van der Waals surface area contributed by atoms with Gasteiger partial charge in [-0.25, -0.2) is 14.5 Å². The van der Waals surface area contributed by atoms with Crippen molar-refractivity contribution in [1.82, 2.24) is 4.90 Å². The van der Waals surface area contributed by atoms with Crippen LogP contribution in [0.25, 0.3) is 0 Å². The van der Waals surface area contributed by atoms with E-state index in [4.69, 9.17) is 9.47 Å². The number of esters is 1. The van der Waals surface area contributed by atoms with Gasteiger partial charge in [0.05, 0.1) is 18.2 Å². The number of hydrogen-bond acceptors (Lipinski definition) is 6. The SMILES string of the molecule is C=C(C(=O)C[C@H](C(=O)N1C(=O)OC[C@@H]1Cc1ccccc1)C(C)C)C(=O)OCC. The average Bonchev–Trinajstić information content (AvgIpc) is 3.05. The fourth-order valence-corrected chi connectivity index (χ4v) is 3.21.